The number of benzene rings is 1. The highest BCUT2D eigenvalue weighted by molar-refractivity contribution is 5.75. The third kappa shape index (κ3) is 1.48. The first-order valence-corrected chi connectivity index (χ1v) is 5.16. The van der Waals surface area contributed by atoms with Crippen LogP contribution in [0.3, 0.4) is 0 Å². The Labute approximate surface area is 95.3 Å². The van der Waals surface area contributed by atoms with Gasteiger partial charge in [-0.3, -0.25) is 0 Å². The van der Waals surface area contributed by atoms with Gasteiger partial charge in [-0.2, -0.15) is 0 Å². The van der Waals surface area contributed by atoms with E-state index in [1.807, 2.05) is 12.1 Å². The molecule has 16 heavy (non-hydrogen) atoms. The smallest absolute Gasteiger partial charge is 0.161 e. The summed E-state index contributed by atoms with van der Waals surface area (Å²) in [6, 6.07) is 3.70. The number of hydrogen-bond donors (Lipinski definition) is 1. The Balaban J connectivity index is 2.64. The molecule has 3 heteroatoms. The van der Waals surface area contributed by atoms with Crippen LogP contribution in [0.2, 0.25) is 0 Å². The lowest BCUT2D eigenvalue weighted by molar-refractivity contribution is 0.0689. The third-order valence-corrected chi connectivity index (χ3v) is 3.04. The van der Waals surface area contributed by atoms with E-state index in [9.17, 15) is 5.11 Å². The van der Waals surface area contributed by atoms with Crippen molar-refractivity contribution in [2.24, 2.45) is 0 Å². The van der Waals surface area contributed by atoms with E-state index in [1.165, 1.54) is 0 Å². The van der Waals surface area contributed by atoms with E-state index in [2.05, 4.69) is 6.58 Å². The highest BCUT2D eigenvalue weighted by Crippen LogP contribution is 2.47. The maximum Gasteiger partial charge on any atom is 0.161 e. The van der Waals surface area contributed by atoms with Crippen molar-refractivity contribution in [3.8, 4) is 11.5 Å². The van der Waals surface area contributed by atoms with Crippen LogP contribution in [0.15, 0.2) is 18.7 Å². The second-order valence-electron chi connectivity index (χ2n) is 4.31. The minimum atomic E-state index is -0.855. The van der Waals surface area contributed by atoms with Crippen molar-refractivity contribution >= 4 is 5.57 Å². The lowest BCUT2D eigenvalue weighted by Crippen LogP contribution is -2.16. The molecule has 0 bridgehead atoms. The van der Waals surface area contributed by atoms with E-state index in [4.69, 9.17) is 9.47 Å². The van der Waals surface area contributed by atoms with E-state index in [-0.39, 0.29) is 0 Å². The van der Waals surface area contributed by atoms with Gasteiger partial charge in [0.05, 0.1) is 19.8 Å². The van der Waals surface area contributed by atoms with Crippen molar-refractivity contribution in [1.29, 1.82) is 0 Å². The first kappa shape index (κ1) is 11.0. The highest BCUT2D eigenvalue weighted by atomic mass is 16.5. The van der Waals surface area contributed by atoms with Crippen LogP contribution in [0, 0.1) is 0 Å². The molecule has 0 spiro atoms. The van der Waals surface area contributed by atoms with Crippen molar-refractivity contribution < 1.29 is 14.6 Å². The van der Waals surface area contributed by atoms with Crippen molar-refractivity contribution in [2.75, 3.05) is 14.2 Å². The Morgan fingerprint density at radius 3 is 2.38 bits per heavy atom. The van der Waals surface area contributed by atoms with Gasteiger partial charge in [-0.25, -0.2) is 0 Å². The van der Waals surface area contributed by atoms with Gasteiger partial charge in [0.1, 0.15) is 0 Å². The van der Waals surface area contributed by atoms with Crippen LogP contribution in [0.1, 0.15) is 24.5 Å². The minimum Gasteiger partial charge on any atom is -0.493 e. The SMILES string of the molecule is C=C1CC(C)(O)c2cc(OC)c(OC)cc21. The first-order chi connectivity index (χ1) is 7.49. The van der Waals surface area contributed by atoms with Crippen molar-refractivity contribution in [3.63, 3.8) is 0 Å². The molecule has 86 valence electrons. The van der Waals surface area contributed by atoms with Crippen LogP contribution in [-0.4, -0.2) is 19.3 Å². The van der Waals surface area contributed by atoms with Gasteiger partial charge >= 0.3 is 0 Å². The van der Waals surface area contributed by atoms with Gasteiger partial charge in [-0.15, -0.1) is 0 Å². The molecule has 1 atom stereocenters. The van der Waals surface area contributed by atoms with E-state index in [1.54, 1.807) is 21.1 Å². The summed E-state index contributed by atoms with van der Waals surface area (Å²) >= 11 is 0. The molecule has 1 unspecified atom stereocenters. The molecule has 0 aliphatic heterocycles. The van der Waals surface area contributed by atoms with E-state index in [0.717, 1.165) is 16.7 Å². The van der Waals surface area contributed by atoms with Gasteiger partial charge in [0.25, 0.3) is 0 Å². The molecule has 0 saturated heterocycles. The molecule has 1 N–H and O–H groups in total. The predicted octanol–water partition coefficient (Wildman–Crippen LogP) is 2.33. The van der Waals surface area contributed by atoms with Gasteiger partial charge in [-0.05, 0) is 35.8 Å². The topological polar surface area (TPSA) is 38.7 Å². The normalized spacial score (nSPS) is 23.1. The Bertz CT molecular complexity index is 447. The maximum atomic E-state index is 10.2. The molecule has 0 amide bonds. The Morgan fingerprint density at radius 1 is 1.25 bits per heavy atom. The van der Waals surface area contributed by atoms with Crippen LogP contribution < -0.4 is 9.47 Å². The zero-order chi connectivity index (χ0) is 11.9. The maximum absolute atomic E-state index is 10.2. The molecule has 0 aromatic heterocycles. The molecular formula is C13H16O3. The Hall–Kier alpha value is -1.48. The summed E-state index contributed by atoms with van der Waals surface area (Å²) in [6.45, 7) is 5.75. The number of rotatable bonds is 2. The zero-order valence-electron chi connectivity index (χ0n) is 9.83. The number of fused-ring (bicyclic) bond motifs is 1. The second kappa shape index (κ2) is 3.52. The molecule has 0 fully saturated rings. The summed E-state index contributed by atoms with van der Waals surface area (Å²) in [6.07, 6.45) is 0.554. The number of methoxy groups -OCH3 is 2. The molecule has 1 aromatic rings. The van der Waals surface area contributed by atoms with Crippen molar-refractivity contribution in [2.45, 2.75) is 18.9 Å². The quantitative estimate of drug-likeness (QED) is 0.831. The average Bonchev–Trinajstić information content (AvgIpc) is 2.47. The number of ether oxygens (including phenoxy) is 2. The van der Waals surface area contributed by atoms with Gasteiger partial charge in [-0.1, -0.05) is 6.58 Å². The zero-order valence-corrected chi connectivity index (χ0v) is 9.83. The molecule has 1 aliphatic rings. The highest BCUT2D eigenvalue weighted by Gasteiger charge is 2.35. The molecule has 1 aliphatic carbocycles. The standard InChI is InChI=1S/C13H16O3/c1-8-7-13(2,14)10-6-12(16-4)11(15-3)5-9(8)10/h5-6,14H,1,7H2,2-4H3. The lowest BCUT2D eigenvalue weighted by Gasteiger charge is -2.18. The summed E-state index contributed by atoms with van der Waals surface area (Å²) in [5.74, 6) is 1.30. The van der Waals surface area contributed by atoms with Gasteiger partial charge in [0.15, 0.2) is 11.5 Å². The fourth-order valence-corrected chi connectivity index (χ4v) is 2.22. The lowest BCUT2D eigenvalue weighted by atomic mass is 9.98. The van der Waals surface area contributed by atoms with Gasteiger partial charge in [0.2, 0.25) is 0 Å². The first-order valence-electron chi connectivity index (χ1n) is 5.16. The van der Waals surface area contributed by atoms with Gasteiger partial charge in [0, 0.05) is 6.42 Å². The fraction of sp³-hybridized carbons (Fsp3) is 0.385. The largest absolute Gasteiger partial charge is 0.493 e. The second-order valence-corrected chi connectivity index (χ2v) is 4.31. The number of aliphatic hydroxyl groups is 1. The Morgan fingerprint density at radius 2 is 1.81 bits per heavy atom. The summed E-state index contributed by atoms with van der Waals surface area (Å²) in [5.41, 5.74) is 1.89. The molecule has 1 aromatic carbocycles. The van der Waals surface area contributed by atoms with Crippen LogP contribution in [0.25, 0.3) is 5.57 Å². The van der Waals surface area contributed by atoms with Crippen LogP contribution in [0.5, 0.6) is 11.5 Å². The predicted molar refractivity (Wildman–Crippen MR) is 62.8 cm³/mol. The molecule has 0 heterocycles. The molecule has 2 rings (SSSR count). The van der Waals surface area contributed by atoms with Crippen molar-refractivity contribution in [3.05, 3.63) is 29.8 Å². The van der Waals surface area contributed by atoms with E-state index >= 15 is 0 Å². The average molecular weight is 220 g/mol. The van der Waals surface area contributed by atoms with Crippen molar-refractivity contribution in [1.82, 2.24) is 0 Å². The molecule has 3 nitrogen and oxygen atoms in total. The van der Waals surface area contributed by atoms with Crippen LogP contribution in [-0.2, 0) is 5.60 Å². The number of hydrogen-bond acceptors (Lipinski definition) is 3. The Kier molecular flexibility index (Phi) is 2.43. The third-order valence-electron chi connectivity index (χ3n) is 3.04. The van der Waals surface area contributed by atoms with E-state index in [0.29, 0.717) is 17.9 Å². The van der Waals surface area contributed by atoms with Gasteiger partial charge < -0.3 is 14.6 Å². The minimum absolute atomic E-state index is 0.554. The van der Waals surface area contributed by atoms with E-state index < -0.39 is 5.60 Å². The monoisotopic (exact) mass is 220 g/mol. The fourth-order valence-electron chi connectivity index (χ4n) is 2.22. The van der Waals surface area contributed by atoms with Crippen LogP contribution >= 0.6 is 0 Å². The molecular weight excluding hydrogens is 204 g/mol. The molecule has 0 radical (unpaired) electrons. The summed E-state index contributed by atoms with van der Waals surface area (Å²) in [7, 11) is 3.18. The summed E-state index contributed by atoms with van der Waals surface area (Å²) < 4.78 is 10.5. The van der Waals surface area contributed by atoms with Crippen LogP contribution in [0.4, 0.5) is 0 Å². The summed E-state index contributed by atoms with van der Waals surface area (Å²) in [4.78, 5) is 0. The summed E-state index contributed by atoms with van der Waals surface area (Å²) in [5, 5.41) is 10.2. The molecule has 0 saturated carbocycles.